The molecule has 0 saturated heterocycles. The minimum atomic E-state index is -0.703. The Balaban J connectivity index is 1.40. The van der Waals surface area contributed by atoms with Crippen molar-refractivity contribution in [2.75, 3.05) is 13.2 Å². The van der Waals surface area contributed by atoms with Gasteiger partial charge in [0, 0.05) is 12.6 Å². The first-order chi connectivity index (χ1) is 15.5. The van der Waals surface area contributed by atoms with Gasteiger partial charge < -0.3 is 14.1 Å². The molecule has 2 aliphatic rings. The molecule has 1 fully saturated rings. The monoisotopic (exact) mass is 438 g/mol. The Hall–Kier alpha value is -3.42. The minimum absolute atomic E-state index is 0.0155. The molecule has 0 spiro atoms. The maximum atomic E-state index is 12.7. The van der Waals surface area contributed by atoms with Crippen LogP contribution in [0.15, 0.2) is 41.0 Å². The van der Waals surface area contributed by atoms with Crippen LogP contribution in [0.2, 0.25) is 0 Å². The fourth-order valence-corrected chi connectivity index (χ4v) is 4.44. The summed E-state index contributed by atoms with van der Waals surface area (Å²) in [5, 5.41) is 0. The van der Waals surface area contributed by atoms with Crippen LogP contribution in [-0.2, 0) is 16.1 Å². The molecular formula is C24H26N2O6. The van der Waals surface area contributed by atoms with Crippen LogP contribution in [0, 0.1) is 0 Å². The molecule has 168 valence electrons. The largest absolute Gasteiger partial charge is 0.467 e. The van der Waals surface area contributed by atoms with Gasteiger partial charge in [-0.05, 0) is 50.1 Å². The first-order valence-corrected chi connectivity index (χ1v) is 11.0. The molecule has 1 aliphatic heterocycles. The topological polar surface area (TPSA) is 97.1 Å². The van der Waals surface area contributed by atoms with E-state index in [-0.39, 0.29) is 41.8 Å². The zero-order valence-corrected chi connectivity index (χ0v) is 18.0. The zero-order valence-electron chi connectivity index (χ0n) is 18.0. The second-order valence-electron chi connectivity index (χ2n) is 8.08. The van der Waals surface area contributed by atoms with Gasteiger partial charge in [-0.1, -0.05) is 19.3 Å². The number of furan rings is 1. The van der Waals surface area contributed by atoms with Gasteiger partial charge in [0.05, 0.1) is 29.5 Å². The molecule has 4 rings (SSSR count). The van der Waals surface area contributed by atoms with Gasteiger partial charge in [-0.15, -0.1) is 0 Å². The molecular weight excluding hydrogens is 412 g/mol. The average molecular weight is 438 g/mol. The highest BCUT2D eigenvalue weighted by molar-refractivity contribution is 6.21. The Bertz CT molecular complexity index is 1020. The molecule has 0 bridgehead atoms. The Morgan fingerprint density at radius 1 is 1.09 bits per heavy atom. The third-order valence-corrected chi connectivity index (χ3v) is 6.10. The van der Waals surface area contributed by atoms with Crippen LogP contribution in [0.3, 0.4) is 0 Å². The number of rotatable bonds is 7. The van der Waals surface area contributed by atoms with Gasteiger partial charge in [0.1, 0.15) is 5.76 Å². The number of likely N-dealkylation sites (N-methyl/N-ethyl adjacent to an activating group) is 1. The Morgan fingerprint density at radius 3 is 2.53 bits per heavy atom. The molecule has 0 radical (unpaired) electrons. The molecule has 8 nitrogen and oxygen atoms in total. The fourth-order valence-electron chi connectivity index (χ4n) is 4.44. The number of amides is 3. The number of hydrogen-bond donors (Lipinski definition) is 0. The van der Waals surface area contributed by atoms with Gasteiger partial charge in [-0.2, -0.15) is 0 Å². The molecule has 32 heavy (non-hydrogen) atoms. The van der Waals surface area contributed by atoms with Crippen LogP contribution in [-0.4, -0.2) is 52.7 Å². The lowest BCUT2D eigenvalue weighted by Gasteiger charge is -2.33. The lowest BCUT2D eigenvalue weighted by atomic mass is 9.94. The highest BCUT2D eigenvalue weighted by atomic mass is 16.5. The maximum Gasteiger partial charge on any atom is 0.338 e. The predicted octanol–water partition coefficient (Wildman–Crippen LogP) is 3.41. The lowest BCUT2D eigenvalue weighted by Crippen LogP contribution is -2.43. The first-order valence-electron chi connectivity index (χ1n) is 11.0. The second kappa shape index (κ2) is 9.38. The van der Waals surface area contributed by atoms with E-state index < -0.39 is 17.8 Å². The van der Waals surface area contributed by atoms with Crippen molar-refractivity contribution in [2.45, 2.75) is 51.6 Å². The van der Waals surface area contributed by atoms with Crippen LogP contribution in [0.4, 0.5) is 0 Å². The van der Waals surface area contributed by atoms with Crippen molar-refractivity contribution in [1.82, 2.24) is 9.80 Å². The number of esters is 1. The van der Waals surface area contributed by atoms with Gasteiger partial charge in [0.15, 0.2) is 6.61 Å². The third kappa shape index (κ3) is 4.30. The third-order valence-electron chi connectivity index (χ3n) is 6.10. The summed E-state index contributed by atoms with van der Waals surface area (Å²) >= 11 is 0. The van der Waals surface area contributed by atoms with E-state index in [1.165, 1.54) is 30.9 Å². The van der Waals surface area contributed by atoms with E-state index in [0.29, 0.717) is 12.3 Å². The Morgan fingerprint density at radius 2 is 1.84 bits per heavy atom. The highest BCUT2D eigenvalue weighted by Gasteiger charge is 2.36. The lowest BCUT2D eigenvalue weighted by molar-refractivity contribution is -0.137. The minimum Gasteiger partial charge on any atom is -0.467 e. The standard InChI is InChI=1S/C24H26N2O6/c1-2-25(17-7-4-3-5-8-17)21(27)15-32-24(30)16-10-11-19-20(13-16)23(29)26(22(19)28)14-18-9-6-12-31-18/h6,9-13,17H,2-5,7-8,14-15H2,1H3. The number of imide groups is 1. The SMILES string of the molecule is CCN(C(=O)COC(=O)c1ccc2c(c1)C(=O)N(Cc1ccco1)C2=O)C1CCCCC1. The molecule has 0 N–H and O–H groups in total. The van der Waals surface area contributed by atoms with Crippen molar-refractivity contribution < 1.29 is 28.3 Å². The summed E-state index contributed by atoms with van der Waals surface area (Å²) in [6.07, 6.45) is 6.82. The normalized spacial score (nSPS) is 16.2. The van der Waals surface area contributed by atoms with Gasteiger partial charge >= 0.3 is 5.97 Å². The predicted molar refractivity (Wildman–Crippen MR) is 114 cm³/mol. The van der Waals surface area contributed by atoms with E-state index in [1.54, 1.807) is 17.0 Å². The van der Waals surface area contributed by atoms with Crippen LogP contribution in [0.1, 0.15) is 75.9 Å². The number of hydrogen-bond acceptors (Lipinski definition) is 6. The van der Waals surface area contributed by atoms with E-state index in [4.69, 9.17) is 9.15 Å². The molecule has 0 unspecified atom stereocenters. The van der Waals surface area contributed by atoms with Crippen molar-refractivity contribution in [2.24, 2.45) is 0 Å². The molecule has 2 aromatic rings. The Kier molecular flexibility index (Phi) is 6.39. The number of benzene rings is 1. The van der Waals surface area contributed by atoms with Crippen LogP contribution >= 0.6 is 0 Å². The maximum absolute atomic E-state index is 12.7. The van der Waals surface area contributed by atoms with Crippen LogP contribution < -0.4 is 0 Å². The van der Waals surface area contributed by atoms with Crippen molar-refractivity contribution in [1.29, 1.82) is 0 Å². The average Bonchev–Trinajstić information content (AvgIpc) is 3.41. The summed E-state index contributed by atoms with van der Waals surface area (Å²) in [7, 11) is 0. The van der Waals surface area contributed by atoms with Crippen LogP contribution in [0.25, 0.3) is 0 Å². The van der Waals surface area contributed by atoms with E-state index in [2.05, 4.69) is 0 Å². The van der Waals surface area contributed by atoms with Gasteiger partial charge in [-0.3, -0.25) is 19.3 Å². The summed E-state index contributed by atoms with van der Waals surface area (Å²) in [4.78, 5) is 53.3. The summed E-state index contributed by atoms with van der Waals surface area (Å²) in [6, 6.07) is 7.78. The Labute approximate surface area is 186 Å². The first kappa shape index (κ1) is 21.8. The summed E-state index contributed by atoms with van der Waals surface area (Å²) in [5.74, 6) is -1.38. The molecule has 2 heterocycles. The number of fused-ring (bicyclic) bond motifs is 1. The van der Waals surface area contributed by atoms with Crippen molar-refractivity contribution in [3.05, 3.63) is 59.0 Å². The summed E-state index contributed by atoms with van der Waals surface area (Å²) in [6.45, 7) is 2.16. The van der Waals surface area contributed by atoms with Gasteiger partial charge in [0.25, 0.3) is 17.7 Å². The molecule has 1 aliphatic carbocycles. The molecule has 8 heteroatoms. The molecule has 1 saturated carbocycles. The number of ether oxygens (including phenoxy) is 1. The van der Waals surface area contributed by atoms with E-state index in [9.17, 15) is 19.2 Å². The van der Waals surface area contributed by atoms with E-state index in [0.717, 1.165) is 30.6 Å². The van der Waals surface area contributed by atoms with E-state index >= 15 is 0 Å². The smallest absolute Gasteiger partial charge is 0.338 e. The highest BCUT2D eigenvalue weighted by Crippen LogP contribution is 2.26. The zero-order chi connectivity index (χ0) is 22.7. The summed E-state index contributed by atoms with van der Waals surface area (Å²) < 4.78 is 10.5. The van der Waals surface area contributed by atoms with Gasteiger partial charge in [-0.25, -0.2) is 4.79 Å². The molecule has 1 aromatic carbocycles. The number of carbonyl (C=O) groups is 4. The fraction of sp³-hybridized carbons (Fsp3) is 0.417. The quantitative estimate of drug-likeness (QED) is 0.485. The van der Waals surface area contributed by atoms with Crippen molar-refractivity contribution in [3.63, 3.8) is 0 Å². The summed E-state index contributed by atoms with van der Waals surface area (Å²) in [5.41, 5.74) is 0.488. The second-order valence-corrected chi connectivity index (χ2v) is 8.08. The van der Waals surface area contributed by atoms with Gasteiger partial charge in [0.2, 0.25) is 0 Å². The van der Waals surface area contributed by atoms with Crippen LogP contribution in [0.5, 0.6) is 0 Å². The number of carbonyl (C=O) groups excluding carboxylic acids is 4. The van der Waals surface area contributed by atoms with Crippen molar-refractivity contribution in [3.8, 4) is 0 Å². The van der Waals surface area contributed by atoms with E-state index in [1.807, 2.05) is 6.92 Å². The molecule has 3 amide bonds. The number of nitrogens with zero attached hydrogens (tertiary/aromatic N) is 2. The molecule has 1 aromatic heterocycles. The van der Waals surface area contributed by atoms with Crippen molar-refractivity contribution >= 4 is 23.7 Å². The molecule has 0 atom stereocenters.